The third-order valence-electron chi connectivity index (χ3n) is 3.44. The summed E-state index contributed by atoms with van der Waals surface area (Å²) in [6.45, 7) is 0. The van der Waals surface area contributed by atoms with Gasteiger partial charge in [-0.1, -0.05) is 6.07 Å². The van der Waals surface area contributed by atoms with Gasteiger partial charge in [-0.25, -0.2) is 30.3 Å². The number of benzene rings is 2. The number of hydrogen-bond donors (Lipinski definition) is 2. The maximum atomic E-state index is 13.2. The molecule has 1 aliphatic rings. The smallest absolute Gasteiger partial charge is 0.261 e. The van der Waals surface area contributed by atoms with Crippen LogP contribution < -0.4 is 9.44 Å². The molecule has 3 rings (SSSR count). The second-order valence-electron chi connectivity index (χ2n) is 5.63. The van der Waals surface area contributed by atoms with Crippen LogP contribution in [0, 0.1) is 11.6 Å². The second kappa shape index (κ2) is 6.36. The molecular formula is C15H14F2N2O4S2. The van der Waals surface area contributed by atoms with E-state index in [0.29, 0.717) is 6.07 Å². The van der Waals surface area contributed by atoms with Crippen molar-refractivity contribution in [3.63, 3.8) is 0 Å². The van der Waals surface area contributed by atoms with Crippen molar-refractivity contribution < 1.29 is 25.6 Å². The standard InChI is InChI=1S/C15H14F2N2O4S2/c16-10-6-11(17)8-13(7-10)19-25(22,23)15-3-1-2-14(9-15)24(20,21)18-12-4-5-12/h1-3,6-9,12,18-19H,4-5H2. The van der Waals surface area contributed by atoms with Crippen LogP contribution in [0.25, 0.3) is 0 Å². The minimum absolute atomic E-state index is 0.126. The quantitative estimate of drug-likeness (QED) is 0.794. The second-order valence-corrected chi connectivity index (χ2v) is 9.03. The molecule has 10 heteroatoms. The molecule has 0 atom stereocenters. The van der Waals surface area contributed by atoms with Gasteiger partial charge >= 0.3 is 0 Å². The summed E-state index contributed by atoms with van der Waals surface area (Å²) < 4.78 is 80.0. The molecular weight excluding hydrogens is 374 g/mol. The molecule has 0 amide bonds. The Morgan fingerprint density at radius 2 is 1.40 bits per heavy atom. The van der Waals surface area contributed by atoms with Crippen LogP contribution in [-0.2, 0) is 20.0 Å². The van der Waals surface area contributed by atoms with E-state index in [1.165, 1.54) is 18.2 Å². The average Bonchev–Trinajstić information content (AvgIpc) is 3.29. The lowest BCUT2D eigenvalue weighted by molar-refractivity contribution is 0.580. The number of halogens is 2. The molecule has 0 radical (unpaired) electrons. The summed E-state index contributed by atoms with van der Waals surface area (Å²) in [5.74, 6) is -1.88. The Morgan fingerprint density at radius 1 is 0.840 bits per heavy atom. The lowest BCUT2D eigenvalue weighted by Gasteiger charge is -2.10. The highest BCUT2D eigenvalue weighted by atomic mass is 32.2. The van der Waals surface area contributed by atoms with Gasteiger partial charge in [-0.3, -0.25) is 4.72 Å². The fourth-order valence-electron chi connectivity index (χ4n) is 2.12. The molecule has 2 aromatic rings. The van der Waals surface area contributed by atoms with Gasteiger partial charge in [-0.15, -0.1) is 0 Å². The van der Waals surface area contributed by atoms with Crippen LogP contribution in [0.15, 0.2) is 52.3 Å². The van der Waals surface area contributed by atoms with Gasteiger partial charge in [0, 0.05) is 12.1 Å². The highest BCUT2D eigenvalue weighted by Crippen LogP contribution is 2.24. The molecule has 0 heterocycles. The van der Waals surface area contributed by atoms with Crippen molar-refractivity contribution in [1.29, 1.82) is 0 Å². The van der Waals surface area contributed by atoms with Gasteiger partial charge in [0.25, 0.3) is 10.0 Å². The van der Waals surface area contributed by atoms with Crippen molar-refractivity contribution in [3.05, 3.63) is 54.1 Å². The number of sulfonamides is 2. The first kappa shape index (κ1) is 17.8. The Hall–Kier alpha value is -2.04. The van der Waals surface area contributed by atoms with Crippen LogP contribution in [-0.4, -0.2) is 22.9 Å². The van der Waals surface area contributed by atoms with Crippen molar-refractivity contribution in [2.75, 3.05) is 4.72 Å². The summed E-state index contributed by atoms with van der Waals surface area (Å²) in [7, 11) is -8.05. The molecule has 1 fully saturated rings. The molecule has 6 nitrogen and oxygen atoms in total. The van der Waals surface area contributed by atoms with Crippen LogP contribution in [0.1, 0.15) is 12.8 Å². The number of hydrogen-bond acceptors (Lipinski definition) is 4. The van der Waals surface area contributed by atoms with Crippen LogP contribution in [0.2, 0.25) is 0 Å². The Kier molecular flexibility index (Phi) is 4.52. The van der Waals surface area contributed by atoms with Gasteiger partial charge < -0.3 is 0 Å². The number of anilines is 1. The van der Waals surface area contributed by atoms with E-state index in [1.54, 1.807) is 0 Å². The molecule has 25 heavy (non-hydrogen) atoms. The number of rotatable bonds is 6. The first-order chi connectivity index (χ1) is 11.7. The van der Waals surface area contributed by atoms with Gasteiger partial charge in [0.1, 0.15) is 11.6 Å². The predicted octanol–water partition coefficient (Wildman–Crippen LogP) is 2.21. The summed E-state index contributed by atoms with van der Waals surface area (Å²) in [5.41, 5.74) is -0.304. The topological polar surface area (TPSA) is 92.3 Å². The van der Waals surface area contributed by atoms with E-state index in [0.717, 1.165) is 31.0 Å². The fourth-order valence-corrected chi connectivity index (χ4v) is 4.63. The van der Waals surface area contributed by atoms with Gasteiger partial charge in [-0.2, -0.15) is 0 Å². The minimum Gasteiger partial charge on any atom is -0.279 e. The molecule has 2 aromatic carbocycles. The molecule has 0 unspecified atom stereocenters. The van der Waals surface area contributed by atoms with E-state index in [1.807, 2.05) is 4.72 Å². The molecule has 0 aromatic heterocycles. The lowest BCUT2D eigenvalue weighted by Crippen LogP contribution is -2.26. The average molecular weight is 388 g/mol. The van der Waals surface area contributed by atoms with Crippen molar-refractivity contribution >= 4 is 25.7 Å². The first-order valence-electron chi connectivity index (χ1n) is 7.27. The van der Waals surface area contributed by atoms with E-state index in [4.69, 9.17) is 0 Å². The van der Waals surface area contributed by atoms with Crippen molar-refractivity contribution in [2.24, 2.45) is 0 Å². The van der Waals surface area contributed by atoms with Crippen LogP contribution in [0.5, 0.6) is 0 Å². The van der Waals surface area contributed by atoms with Crippen LogP contribution >= 0.6 is 0 Å². The zero-order chi connectivity index (χ0) is 18.2. The lowest BCUT2D eigenvalue weighted by atomic mass is 10.3. The molecule has 134 valence electrons. The Morgan fingerprint density at radius 3 is 1.96 bits per heavy atom. The van der Waals surface area contributed by atoms with Crippen molar-refractivity contribution in [2.45, 2.75) is 28.7 Å². The van der Waals surface area contributed by atoms with Crippen LogP contribution in [0.3, 0.4) is 0 Å². The maximum absolute atomic E-state index is 13.2. The first-order valence-corrected chi connectivity index (χ1v) is 10.2. The van der Waals surface area contributed by atoms with E-state index in [2.05, 4.69) is 4.72 Å². The van der Waals surface area contributed by atoms with Crippen LogP contribution in [0.4, 0.5) is 14.5 Å². The van der Waals surface area contributed by atoms with E-state index >= 15 is 0 Å². The monoisotopic (exact) mass is 388 g/mol. The Bertz CT molecular complexity index is 999. The SMILES string of the molecule is O=S(=O)(Nc1cc(F)cc(F)c1)c1cccc(S(=O)(=O)NC2CC2)c1. The highest BCUT2D eigenvalue weighted by Gasteiger charge is 2.28. The zero-order valence-electron chi connectivity index (χ0n) is 12.7. The van der Waals surface area contributed by atoms with Gasteiger partial charge in [0.2, 0.25) is 10.0 Å². The highest BCUT2D eigenvalue weighted by molar-refractivity contribution is 7.93. The molecule has 1 aliphatic carbocycles. The van der Waals surface area contributed by atoms with Crippen molar-refractivity contribution in [1.82, 2.24) is 4.72 Å². The maximum Gasteiger partial charge on any atom is 0.261 e. The zero-order valence-corrected chi connectivity index (χ0v) is 14.4. The van der Waals surface area contributed by atoms with Crippen molar-refractivity contribution in [3.8, 4) is 0 Å². The summed E-state index contributed by atoms with van der Waals surface area (Å²) >= 11 is 0. The fraction of sp³-hybridized carbons (Fsp3) is 0.200. The van der Waals surface area contributed by atoms with Gasteiger partial charge in [0.15, 0.2) is 0 Å². The Labute approximate surface area is 144 Å². The summed E-state index contributed by atoms with van der Waals surface area (Å²) in [5, 5.41) is 0. The minimum atomic E-state index is -4.22. The molecule has 1 saturated carbocycles. The third kappa shape index (κ3) is 4.33. The van der Waals surface area contributed by atoms with E-state index in [9.17, 15) is 25.6 Å². The number of nitrogens with one attached hydrogen (secondary N) is 2. The van der Waals surface area contributed by atoms with Gasteiger partial charge in [0.05, 0.1) is 15.5 Å². The van der Waals surface area contributed by atoms with Gasteiger partial charge in [-0.05, 0) is 43.2 Å². The third-order valence-corrected chi connectivity index (χ3v) is 6.34. The molecule has 0 spiro atoms. The summed E-state index contributed by atoms with van der Waals surface area (Å²) in [6, 6.07) is 6.84. The largest absolute Gasteiger partial charge is 0.279 e. The molecule has 2 N–H and O–H groups in total. The molecule has 0 aliphatic heterocycles. The molecule has 0 saturated heterocycles. The van der Waals surface area contributed by atoms with E-state index in [-0.39, 0.29) is 21.5 Å². The normalized spacial score (nSPS) is 15.1. The summed E-state index contributed by atoms with van der Waals surface area (Å²) in [4.78, 5) is -0.538. The predicted molar refractivity (Wildman–Crippen MR) is 87.0 cm³/mol. The molecule has 0 bridgehead atoms. The van der Waals surface area contributed by atoms with E-state index < -0.39 is 31.7 Å². The summed E-state index contributed by atoms with van der Waals surface area (Å²) in [6.07, 6.45) is 1.48. The Balaban J connectivity index is 1.90.